The van der Waals surface area contributed by atoms with Gasteiger partial charge in [0, 0.05) is 18.6 Å². The first kappa shape index (κ1) is 14.8. The van der Waals surface area contributed by atoms with Gasteiger partial charge in [-0.25, -0.2) is 0 Å². The Hall–Kier alpha value is -1.26. The van der Waals surface area contributed by atoms with E-state index in [0.717, 1.165) is 23.6 Å². The van der Waals surface area contributed by atoms with Gasteiger partial charge in [-0.05, 0) is 38.6 Å². The third-order valence-electron chi connectivity index (χ3n) is 3.20. The molecule has 1 aromatic carbocycles. The number of methoxy groups -OCH3 is 2. The van der Waals surface area contributed by atoms with E-state index >= 15 is 0 Å². The minimum Gasteiger partial charge on any atom is -0.493 e. The van der Waals surface area contributed by atoms with Gasteiger partial charge in [-0.1, -0.05) is 6.07 Å². The number of ether oxygens (including phenoxy) is 2. The predicted octanol–water partition coefficient (Wildman–Crippen LogP) is 2.04. The molecule has 4 nitrogen and oxygen atoms in total. The molecule has 102 valence electrons. The second-order valence-electron chi connectivity index (χ2n) is 4.75. The summed E-state index contributed by atoms with van der Waals surface area (Å²) in [7, 11) is 5.34. The quantitative estimate of drug-likeness (QED) is 0.841. The fraction of sp³-hybridized carbons (Fsp3) is 0.571. The lowest BCUT2D eigenvalue weighted by Gasteiger charge is -2.25. The molecule has 18 heavy (non-hydrogen) atoms. The van der Waals surface area contributed by atoms with Gasteiger partial charge in [0.15, 0.2) is 11.5 Å². The molecule has 0 heterocycles. The van der Waals surface area contributed by atoms with E-state index in [1.807, 2.05) is 18.2 Å². The summed E-state index contributed by atoms with van der Waals surface area (Å²) in [5.41, 5.74) is 7.27. The summed E-state index contributed by atoms with van der Waals surface area (Å²) in [5, 5.41) is 0. The van der Waals surface area contributed by atoms with Crippen LogP contribution in [0.25, 0.3) is 0 Å². The Morgan fingerprint density at radius 3 is 2.28 bits per heavy atom. The fourth-order valence-electron chi connectivity index (χ4n) is 1.71. The summed E-state index contributed by atoms with van der Waals surface area (Å²) >= 11 is 0. The molecule has 0 saturated carbocycles. The maximum absolute atomic E-state index is 6.21. The average molecular weight is 252 g/mol. The van der Waals surface area contributed by atoms with Gasteiger partial charge in [-0.2, -0.15) is 0 Å². The van der Waals surface area contributed by atoms with Gasteiger partial charge in [0.25, 0.3) is 0 Å². The standard InChI is InChI=1S/C14H24N2O2/c1-10(2)16(3)9-12(15)11-6-7-13(17-4)14(8-11)18-5/h6-8,10,12H,9,15H2,1-5H3. The molecule has 0 aliphatic rings. The number of nitrogens with two attached hydrogens (primary N) is 1. The van der Waals surface area contributed by atoms with Crippen LogP contribution in [0, 0.1) is 0 Å². The Morgan fingerprint density at radius 2 is 1.78 bits per heavy atom. The predicted molar refractivity (Wildman–Crippen MR) is 74.2 cm³/mol. The van der Waals surface area contributed by atoms with Gasteiger partial charge < -0.3 is 20.1 Å². The molecule has 0 aromatic heterocycles. The van der Waals surface area contributed by atoms with Crippen LogP contribution in [0.3, 0.4) is 0 Å². The van der Waals surface area contributed by atoms with Gasteiger partial charge in [0.2, 0.25) is 0 Å². The molecule has 0 aliphatic heterocycles. The van der Waals surface area contributed by atoms with Crippen LogP contribution < -0.4 is 15.2 Å². The fourth-order valence-corrected chi connectivity index (χ4v) is 1.71. The third-order valence-corrected chi connectivity index (χ3v) is 3.20. The highest BCUT2D eigenvalue weighted by Crippen LogP contribution is 2.29. The highest BCUT2D eigenvalue weighted by Gasteiger charge is 2.13. The van der Waals surface area contributed by atoms with Gasteiger partial charge >= 0.3 is 0 Å². The summed E-state index contributed by atoms with van der Waals surface area (Å²) < 4.78 is 10.5. The van der Waals surface area contributed by atoms with Crippen molar-refractivity contribution in [1.29, 1.82) is 0 Å². The van der Waals surface area contributed by atoms with Crippen molar-refractivity contribution in [3.8, 4) is 11.5 Å². The summed E-state index contributed by atoms with van der Waals surface area (Å²) in [6.45, 7) is 5.12. The molecule has 1 unspecified atom stereocenters. The Bertz CT molecular complexity index is 380. The molecular weight excluding hydrogens is 228 g/mol. The zero-order chi connectivity index (χ0) is 13.7. The van der Waals surface area contributed by atoms with Gasteiger partial charge in [-0.3, -0.25) is 0 Å². The van der Waals surface area contributed by atoms with Crippen molar-refractivity contribution in [2.75, 3.05) is 27.8 Å². The van der Waals surface area contributed by atoms with Crippen molar-refractivity contribution >= 4 is 0 Å². The van der Waals surface area contributed by atoms with Gasteiger partial charge in [-0.15, -0.1) is 0 Å². The van der Waals surface area contributed by atoms with Crippen LogP contribution in [0.2, 0.25) is 0 Å². The van der Waals surface area contributed by atoms with Gasteiger partial charge in [0.1, 0.15) is 0 Å². The molecule has 0 spiro atoms. The van der Waals surface area contributed by atoms with Crippen LogP contribution in [-0.4, -0.2) is 38.8 Å². The van der Waals surface area contributed by atoms with E-state index < -0.39 is 0 Å². The first-order valence-electron chi connectivity index (χ1n) is 6.17. The molecule has 1 rings (SSSR count). The zero-order valence-corrected chi connectivity index (χ0v) is 11.9. The summed E-state index contributed by atoms with van der Waals surface area (Å²) in [4.78, 5) is 2.22. The number of nitrogens with zero attached hydrogens (tertiary/aromatic N) is 1. The molecule has 0 radical (unpaired) electrons. The summed E-state index contributed by atoms with van der Waals surface area (Å²) in [5.74, 6) is 1.45. The van der Waals surface area contributed by atoms with Crippen molar-refractivity contribution in [2.24, 2.45) is 5.73 Å². The van der Waals surface area contributed by atoms with Crippen molar-refractivity contribution in [1.82, 2.24) is 4.90 Å². The topological polar surface area (TPSA) is 47.7 Å². The van der Waals surface area contributed by atoms with Crippen LogP contribution in [0.5, 0.6) is 11.5 Å². The molecule has 0 fully saturated rings. The minimum absolute atomic E-state index is 0.0304. The summed E-state index contributed by atoms with van der Waals surface area (Å²) in [6.07, 6.45) is 0. The van der Waals surface area contributed by atoms with Crippen molar-refractivity contribution in [3.05, 3.63) is 23.8 Å². The Labute approximate surface area is 110 Å². The molecule has 0 aliphatic carbocycles. The number of likely N-dealkylation sites (N-methyl/N-ethyl adjacent to an activating group) is 1. The molecule has 2 N–H and O–H groups in total. The summed E-state index contributed by atoms with van der Waals surface area (Å²) in [6, 6.07) is 6.27. The van der Waals surface area contributed by atoms with Crippen LogP contribution >= 0.6 is 0 Å². The molecule has 0 bridgehead atoms. The van der Waals surface area contributed by atoms with E-state index in [1.54, 1.807) is 14.2 Å². The van der Waals surface area contributed by atoms with E-state index in [9.17, 15) is 0 Å². The highest BCUT2D eigenvalue weighted by molar-refractivity contribution is 5.43. The average Bonchev–Trinajstić information content (AvgIpc) is 2.37. The molecule has 4 heteroatoms. The van der Waals surface area contributed by atoms with Crippen molar-refractivity contribution < 1.29 is 9.47 Å². The first-order chi connectivity index (χ1) is 8.49. The molecule has 0 amide bonds. The lowest BCUT2D eigenvalue weighted by atomic mass is 10.1. The SMILES string of the molecule is COc1ccc(C(N)CN(C)C(C)C)cc1OC. The molecule has 0 saturated heterocycles. The largest absolute Gasteiger partial charge is 0.493 e. The maximum atomic E-state index is 6.21. The maximum Gasteiger partial charge on any atom is 0.161 e. The molecule has 1 atom stereocenters. The smallest absolute Gasteiger partial charge is 0.161 e. The lowest BCUT2D eigenvalue weighted by molar-refractivity contribution is 0.257. The monoisotopic (exact) mass is 252 g/mol. The normalized spacial score (nSPS) is 12.9. The molecular formula is C14H24N2O2. The number of benzene rings is 1. The first-order valence-corrected chi connectivity index (χ1v) is 6.17. The van der Waals surface area contributed by atoms with E-state index in [0.29, 0.717) is 6.04 Å². The molecule has 1 aromatic rings. The minimum atomic E-state index is -0.0304. The lowest BCUT2D eigenvalue weighted by Crippen LogP contribution is -2.33. The van der Waals surface area contributed by atoms with Crippen molar-refractivity contribution in [2.45, 2.75) is 25.9 Å². The van der Waals surface area contributed by atoms with Crippen LogP contribution in [0.15, 0.2) is 18.2 Å². The Kier molecular flexibility index (Phi) is 5.44. The van der Waals surface area contributed by atoms with Crippen LogP contribution in [-0.2, 0) is 0 Å². The zero-order valence-electron chi connectivity index (χ0n) is 11.9. The second kappa shape index (κ2) is 6.61. The van der Waals surface area contributed by atoms with E-state index in [-0.39, 0.29) is 6.04 Å². The Balaban J connectivity index is 2.83. The Morgan fingerprint density at radius 1 is 1.17 bits per heavy atom. The third kappa shape index (κ3) is 3.62. The second-order valence-corrected chi connectivity index (χ2v) is 4.75. The van der Waals surface area contributed by atoms with Gasteiger partial charge in [0.05, 0.1) is 14.2 Å². The van der Waals surface area contributed by atoms with E-state index in [4.69, 9.17) is 15.2 Å². The van der Waals surface area contributed by atoms with Crippen molar-refractivity contribution in [3.63, 3.8) is 0 Å². The number of hydrogen-bond donors (Lipinski definition) is 1. The van der Waals surface area contributed by atoms with Crippen LogP contribution in [0.1, 0.15) is 25.5 Å². The number of hydrogen-bond acceptors (Lipinski definition) is 4. The van der Waals surface area contributed by atoms with E-state index in [2.05, 4.69) is 25.8 Å². The number of rotatable bonds is 6. The highest BCUT2D eigenvalue weighted by atomic mass is 16.5. The van der Waals surface area contributed by atoms with Crippen LogP contribution in [0.4, 0.5) is 0 Å². The van der Waals surface area contributed by atoms with E-state index in [1.165, 1.54) is 0 Å².